The minimum absolute atomic E-state index is 0.219. The van der Waals surface area contributed by atoms with Gasteiger partial charge in [0, 0.05) is 0 Å². The summed E-state index contributed by atoms with van der Waals surface area (Å²) < 4.78 is 23.8. The van der Waals surface area contributed by atoms with Gasteiger partial charge < -0.3 is 29.2 Å². The van der Waals surface area contributed by atoms with Gasteiger partial charge in [-0.3, -0.25) is 0 Å². The van der Waals surface area contributed by atoms with Gasteiger partial charge in [0.15, 0.2) is 6.29 Å². The maximum absolute atomic E-state index is 10.5. The van der Waals surface area contributed by atoms with E-state index in [1.54, 1.807) is 0 Å². The molecule has 0 radical (unpaired) electrons. The zero-order valence-corrected chi connectivity index (χ0v) is 18.4. The van der Waals surface area contributed by atoms with Crippen molar-refractivity contribution in [2.75, 3.05) is 6.61 Å². The van der Waals surface area contributed by atoms with Crippen molar-refractivity contribution in [2.45, 2.75) is 50.5 Å². The van der Waals surface area contributed by atoms with Crippen LogP contribution in [0.3, 0.4) is 0 Å². The number of benzene rings is 3. The Morgan fingerprint density at radius 1 is 0.697 bits per heavy atom. The average molecular weight is 451 g/mol. The fourth-order valence-corrected chi connectivity index (χ4v) is 3.82. The number of aliphatic hydroxyl groups excluding tert-OH is 2. The SMILES string of the molecule is O[C@@H]1[C@@H](OCc2ccccc2)[C@@H]([C@@H](COCc2ccccc2)OCc2ccccc2)O[C@@H]1O. The van der Waals surface area contributed by atoms with Crippen molar-refractivity contribution in [3.05, 3.63) is 108 Å². The molecule has 1 aliphatic heterocycles. The van der Waals surface area contributed by atoms with Crippen molar-refractivity contribution in [1.29, 1.82) is 0 Å². The van der Waals surface area contributed by atoms with Crippen LogP contribution in [0.15, 0.2) is 91.0 Å². The molecule has 5 atom stereocenters. The number of ether oxygens (including phenoxy) is 4. The summed E-state index contributed by atoms with van der Waals surface area (Å²) >= 11 is 0. The normalized spacial score (nSPS) is 23.5. The molecule has 1 fully saturated rings. The molecule has 174 valence electrons. The van der Waals surface area contributed by atoms with E-state index in [2.05, 4.69) is 0 Å². The van der Waals surface area contributed by atoms with Gasteiger partial charge in [0.1, 0.15) is 24.4 Å². The van der Waals surface area contributed by atoms with Crippen LogP contribution >= 0.6 is 0 Å². The van der Waals surface area contributed by atoms with E-state index in [-0.39, 0.29) is 13.2 Å². The summed E-state index contributed by atoms with van der Waals surface area (Å²) in [5.74, 6) is 0. The van der Waals surface area contributed by atoms with Gasteiger partial charge in [-0.25, -0.2) is 0 Å². The molecule has 33 heavy (non-hydrogen) atoms. The Labute approximate surface area is 194 Å². The highest BCUT2D eigenvalue weighted by atomic mass is 16.7. The summed E-state index contributed by atoms with van der Waals surface area (Å²) in [5.41, 5.74) is 3.02. The average Bonchev–Trinajstić information content (AvgIpc) is 3.15. The van der Waals surface area contributed by atoms with Crippen LogP contribution in [0, 0.1) is 0 Å². The predicted molar refractivity (Wildman–Crippen MR) is 123 cm³/mol. The van der Waals surface area contributed by atoms with E-state index in [4.69, 9.17) is 18.9 Å². The number of hydrogen-bond acceptors (Lipinski definition) is 6. The molecule has 1 aliphatic rings. The van der Waals surface area contributed by atoms with Crippen LogP contribution in [0.1, 0.15) is 16.7 Å². The summed E-state index contributed by atoms with van der Waals surface area (Å²) in [7, 11) is 0. The van der Waals surface area contributed by atoms with E-state index in [0.29, 0.717) is 13.2 Å². The lowest BCUT2D eigenvalue weighted by molar-refractivity contribution is -0.170. The fraction of sp³-hybridized carbons (Fsp3) is 0.333. The highest BCUT2D eigenvalue weighted by Gasteiger charge is 2.48. The lowest BCUT2D eigenvalue weighted by Gasteiger charge is -2.28. The van der Waals surface area contributed by atoms with Crippen molar-refractivity contribution >= 4 is 0 Å². The maximum Gasteiger partial charge on any atom is 0.184 e. The van der Waals surface area contributed by atoms with Gasteiger partial charge in [-0.1, -0.05) is 91.0 Å². The third kappa shape index (κ3) is 6.71. The van der Waals surface area contributed by atoms with Gasteiger partial charge in [-0.15, -0.1) is 0 Å². The molecule has 0 unspecified atom stereocenters. The Hall–Kier alpha value is -2.58. The number of aliphatic hydroxyl groups is 2. The first-order valence-corrected chi connectivity index (χ1v) is 11.1. The van der Waals surface area contributed by atoms with Gasteiger partial charge >= 0.3 is 0 Å². The summed E-state index contributed by atoms with van der Waals surface area (Å²) in [5, 5.41) is 20.8. The first kappa shape index (κ1) is 23.6. The molecule has 6 heteroatoms. The molecule has 3 aromatic carbocycles. The van der Waals surface area contributed by atoms with E-state index in [0.717, 1.165) is 16.7 Å². The lowest BCUT2D eigenvalue weighted by atomic mass is 10.1. The van der Waals surface area contributed by atoms with Crippen LogP contribution in [0.4, 0.5) is 0 Å². The van der Waals surface area contributed by atoms with E-state index < -0.39 is 30.7 Å². The molecule has 6 nitrogen and oxygen atoms in total. The maximum atomic E-state index is 10.5. The zero-order valence-electron chi connectivity index (χ0n) is 18.4. The van der Waals surface area contributed by atoms with Gasteiger partial charge in [0.05, 0.1) is 26.4 Å². The minimum Gasteiger partial charge on any atom is -0.385 e. The molecule has 0 aliphatic carbocycles. The highest BCUT2D eigenvalue weighted by Crippen LogP contribution is 2.28. The summed E-state index contributed by atoms with van der Waals surface area (Å²) in [6.07, 6.45) is -4.55. The molecular weight excluding hydrogens is 420 g/mol. The second-order valence-electron chi connectivity index (χ2n) is 8.08. The van der Waals surface area contributed by atoms with Crippen LogP contribution in [0.2, 0.25) is 0 Å². The predicted octanol–water partition coefficient (Wildman–Crippen LogP) is 3.45. The number of rotatable bonds is 11. The fourth-order valence-electron chi connectivity index (χ4n) is 3.82. The quantitative estimate of drug-likeness (QED) is 0.466. The smallest absolute Gasteiger partial charge is 0.184 e. The van der Waals surface area contributed by atoms with Crippen LogP contribution in [0.5, 0.6) is 0 Å². The van der Waals surface area contributed by atoms with Gasteiger partial charge in [0.2, 0.25) is 0 Å². The molecule has 4 rings (SSSR count). The molecule has 0 amide bonds. The summed E-state index contributed by atoms with van der Waals surface area (Å²) in [6.45, 7) is 1.26. The summed E-state index contributed by atoms with van der Waals surface area (Å²) in [4.78, 5) is 0. The third-order valence-electron chi connectivity index (χ3n) is 5.60. The molecule has 1 saturated heterocycles. The van der Waals surface area contributed by atoms with Crippen LogP contribution in [-0.4, -0.2) is 47.5 Å². The second kappa shape index (κ2) is 12.0. The molecular formula is C27H30O6. The Morgan fingerprint density at radius 3 is 1.79 bits per heavy atom. The monoisotopic (exact) mass is 450 g/mol. The van der Waals surface area contributed by atoms with E-state index >= 15 is 0 Å². The Kier molecular flexibility index (Phi) is 8.60. The molecule has 3 aromatic rings. The van der Waals surface area contributed by atoms with Crippen molar-refractivity contribution in [3.8, 4) is 0 Å². The van der Waals surface area contributed by atoms with Crippen molar-refractivity contribution < 1.29 is 29.2 Å². The largest absolute Gasteiger partial charge is 0.385 e. The molecule has 0 bridgehead atoms. The second-order valence-corrected chi connectivity index (χ2v) is 8.08. The molecule has 0 saturated carbocycles. The first-order valence-electron chi connectivity index (χ1n) is 11.1. The topological polar surface area (TPSA) is 77.4 Å². The first-order chi connectivity index (χ1) is 16.2. The minimum atomic E-state index is -1.35. The molecule has 2 N–H and O–H groups in total. The third-order valence-corrected chi connectivity index (χ3v) is 5.60. The molecule has 0 aromatic heterocycles. The van der Waals surface area contributed by atoms with Gasteiger partial charge in [-0.05, 0) is 16.7 Å². The highest BCUT2D eigenvalue weighted by molar-refractivity contribution is 5.15. The van der Waals surface area contributed by atoms with Crippen LogP contribution in [-0.2, 0) is 38.8 Å². The van der Waals surface area contributed by atoms with Crippen molar-refractivity contribution in [2.24, 2.45) is 0 Å². The van der Waals surface area contributed by atoms with Crippen LogP contribution < -0.4 is 0 Å². The zero-order chi connectivity index (χ0) is 22.9. The van der Waals surface area contributed by atoms with E-state index in [1.165, 1.54) is 0 Å². The van der Waals surface area contributed by atoms with E-state index in [1.807, 2.05) is 91.0 Å². The number of hydrogen-bond donors (Lipinski definition) is 2. The molecule has 1 heterocycles. The lowest BCUT2D eigenvalue weighted by Crippen LogP contribution is -2.44. The Bertz CT molecular complexity index is 937. The summed E-state index contributed by atoms with van der Waals surface area (Å²) in [6, 6.07) is 29.3. The van der Waals surface area contributed by atoms with Gasteiger partial charge in [-0.2, -0.15) is 0 Å². The Balaban J connectivity index is 1.44. The molecule has 0 spiro atoms. The Morgan fingerprint density at radius 2 is 1.21 bits per heavy atom. The standard InChI is InChI=1S/C27H30O6/c28-24-26(32-18-22-14-8-3-9-15-22)25(33-27(24)29)23(31-17-21-12-6-2-7-13-21)19-30-16-20-10-4-1-5-11-20/h1-15,23-29H,16-19H2/t23-,24-,25-,26-,27+/m1/s1. The van der Waals surface area contributed by atoms with Crippen molar-refractivity contribution in [3.63, 3.8) is 0 Å². The van der Waals surface area contributed by atoms with Crippen LogP contribution in [0.25, 0.3) is 0 Å². The van der Waals surface area contributed by atoms with Gasteiger partial charge in [0.25, 0.3) is 0 Å². The van der Waals surface area contributed by atoms with Crippen molar-refractivity contribution in [1.82, 2.24) is 0 Å². The van der Waals surface area contributed by atoms with E-state index in [9.17, 15) is 10.2 Å².